The summed E-state index contributed by atoms with van der Waals surface area (Å²) in [4.78, 5) is 17.5. The van der Waals surface area contributed by atoms with Crippen LogP contribution in [0.15, 0.2) is 0 Å². The summed E-state index contributed by atoms with van der Waals surface area (Å²) in [6.07, 6.45) is 7.47. The van der Waals surface area contributed by atoms with Crippen molar-refractivity contribution in [3.63, 3.8) is 0 Å². The highest BCUT2D eigenvalue weighted by molar-refractivity contribution is 5.78. The van der Waals surface area contributed by atoms with Gasteiger partial charge in [0.2, 0.25) is 5.91 Å². The van der Waals surface area contributed by atoms with Crippen LogP contribution in [0.3, 0.4) is 0 Å². The summed E-state index contributed by atoms with van der Waals surface area (Å²) in [5.74, 6) is 2.58. The quantitative estimate of drug-likeness (QED) is 0.773. The van der Waals surface area contributed by atoms with Crippen LogP contribution in [0.2, 0.25) is 0 Å². The van der Waals surface area contributed by atoms with Gasteiger partial charge in [-0.3, -0.25) is 9.69 Å². The summed E-state index contributed by atoms with van der Waals surface area (Å²) < 4.78 is 0. The molecule has 0 radical (unpaired) electrons. The first-order valence-corrected chi connectivity index (χ1v) is 8.70. The third-order valence-corrected chi connectivity index (χ3v) is 6.50. The standard InChI is InChI=1S/C17H28N2O/c1-11(2)15-8-13-10-18(14-4-3-5-14)9-12-6-7-16(20)19(15)17(12)13/h11-15,17H,3-10H2,1-2H3/t12-,13?,15-,17?/m1/s1. The van der Waals surface area contributed by atoms with Crippen LogP contribution >= 0.6 is 0 Å². The van der Waals surface area contributed by atoms with Crippen LogP contribution < -0.4 is 0 Å². The molecule has 0 N–H and O–H groups in total. The Morgan fingerprint density at radius 2 is 1.85 bits per heavy atom. The molecule has 0 aromatic heterocycles. The molecule has 3 heterocycles. The molecule has 3 saturated heterocycles. The Hall–Kier alpha value is -0.570. The lowest BCUT2D eigenvalue weighted by Crippen LogP contribution is -2.59. The first-order chi connectivity index (χ1) is 9.65. The molecule has 1 saturated carbocycles. The zero-order valence-electron chi connectivity index (χ0n) is 12.9. The first kappa shape index (κ1) is 13.1. The van der Waals surface area contributed by atoms with E-state index in [2.05, 4.69) is 23.6 Å². The van der Waals surface area contributed by atoms with Gasteiger partial charge in [0.1, 0.15) is 0 Å². The minimum Gasteiger partial charge on any atom is -0.336 e. The summed E-state index contributed by atoms with van der Waals surface area (Å²) in [5, 5.41) is 0. The predicted octanol–water partition coefficient (Wildman–Crippen LogP) is 2.51. The largest absolute Gasteiger partial charge is 0.336 e. The molecular formula is C17H28N2O. The van der Waals surface area contributed by atoms with Crippen molar-refractivity contribution in [3.8, 4) is 0 Å². The average molecular weight is 276 g/mol. The molecule has 3 heteroatoms. The Balaban J connectivity index is 1.58. The van der Waals surface area contributed by atoms with Crippen molar-refractivity contribution in [2.45, 2.75) is 70.5 Å². The minimum atomic E-state index is 0.449. The van der Waals surface area contributed by atoms with Crippen LogP contribution in [0, 0.1) is 17.8 Å². The summed E-state index contributed by atoms with van der Waals surface area (Å²) in [5.41, 5.74) is 0. The van der Waals surface area contributed by atoms with Gasteiger partial charge >= 0.3 is 0 Å². The van der Waals surface area contributed by atoms with E-state index in [9.17, 15) is 4.79 Å². The van der Waals surface area contributed by atoms with Crippen molar-refractivity contribution in [1.82, 2.24) is 9.80 Å². The number of piperidine rings is 2. The molecule has 3 aliphatic heterocycles. The molecule has 2 unspecified atom stereocenters. The van der Waals surface area contributed by atoms with Crippen molar-refractivity contribution in [3.05, 3.63) is 0 Å². The van der Waals surface area contributed by atoms with Gasteiger partial charge in [-0.1, -0.05) is 20.3 Å². The Morgan fingerprint density at radius 1 is 1.10 bits per heavy atom. The van der Waals surface area contributed by atoms with Crippen molar-refractivity contribution in [1.29, 1.82) is 0 Å². The number of carbonyl (C=O) groups is 1. The Morgan fingerprint density at radius 3 is 2.50 bits per heavy atom. The molecule has 4 rings (SSSR count). The topological polar surface area (TPSA) is 23.6 Å². The zero-order valence-corrected chi connectivity index (χ0v) is 12.9. The molecule has 4 aliphatic rings. The fraction of sp³-hybridized carbons (Fsp3) is 0.941. The number of amides is 1. The second-order valence-corrected chi connectivity index (χ2v) is 7.94. The van der Waals surface area contributed by atoms with Gasteiger partial charge in [-0.05, 0) is 43.4 Å². The van der Waals surface area contributed by atoms with E-state index in [1.807, 2.05) is 0 Å². The molecule has 4 atom stereocenters. The van der Waals surface area contributed by atoms with Crippen LogP contribution in [0.1, 0.15) is 52.4 Å². The SMILES string of the molecule is CC(C)[C@H]1CC2CN(C3CCC3)C[C@H]3CCC(=O)N1C23. The van der Waals surface area contributed by atoms with Crippen LogP contribution in [0.4, 0.5) is 0 Å². The molecule has 0 aromatic carbocycles. The summed E-state index contributed by atoms with van der Waals surface area (Å²) in [7, 11) is 0. The zero-order chi connectivity index (χ0) is 13.9. The van der Waals surface area contributed by atoms with E-state index in [-0.39, 0.29) is 0 Å². The van der Waals surface area contributed by atoms with E-state index in [0.29, 0.717) is 23.9 Å². The monoisotopic (exact) mass is 276 g/mol. The van der Waals surface area contributed by atoms with E-state index in [0.717, 1.165) is 30.7 Å². The number of nitrogens with zero attached hydrogens (tertiary/aromatic N) is 2. The molecule has 112 valence electrons. The predicted molar refractivity (Wildman–Crippen MR) is 79.3 cm³/mol. The average Bonchev–Trinajstić information content (AvgIpc) is 2.73. The highest BCUT2D eigenvalue weighted by atomic mass is 16.2. The van der Waals surface area contributed by atoms with Gasteiger partial charge in [0.25, 0.3) is 0 Å². The van der Waals surface area contributed by atoms with Crippen molar-refractivity contribution in [2.24, 2.45) is 17.8 Å². The molecule has 0 spiro atoms. The molecule has 0 aromatic rings. The second-order valence-electron chi connectivity index (χ2n) is 7.94. The smallest absolute Gasteiger partial charge is 0.223 e. The lowest BCUT2D eigenvalue weighted by atomic mass is 9.77. The summed E-state index contributed by atoms with van der Waals surface area (Å²) in [6.45, 7) is 7.12. The molecule has 4 fully saturated rings. The Labute approximate surface area is 122 Å². The van der Waals surface area contributed by atoms with Crippen LogP contribution in [0.25, 0.3) is 0 Å². The fourth-order valence-corrected chi connectivity index (χ4v) is 5.29. The Bertz CT molecular complexity index is 404. The third-order valence-electron chi connectivity index (χ3n) is 6.50. The number of rotatable bonds is 2. The number of carbonyl (C=O) groups excluding carboxylic acids is 1. The van der Waals surface area contributed by atoms with Gasteiger partial charge in [-0.2, -0.15) is 0 Å². The molecule has 1 aliphatic carbocycles. The third kappa shape index (κ3) is 1.85. The highest BCUT2D eigenvalue weighted by Gasteiger charge is 2.53. The minimum absolute atomic E-state index is 0.449. The van der Waals surface area contributed by atoms with Crippen LogP contribution in [-0.2, 0) is 4.79 Å². The van der Waals surface area contributed by atoms with E-state index in [1.54, 1.807) is 0 Å². The van der Waals surface area contributed by atoms with E-state index < -0.39 is 0 Å². The molecule has 0 bridgehead atoms. The Kier molecular flexibility index (Phi) is 3.10. The lowest BCUT2D eigenvalue weighted by molar-refractivity contribution is -0.143. The number of hydrogen-bond donors (Lipinski definition) is 0. The van der Waals surface area contributed by atoms with Crippen molar-refractivity contribution >= 4 is 5.91 Å². The number of likely N-dealkylation sites (tertiary alicyclic amines) is 1. The van der Waals surface area contributed by atoms with Gasteiger partial charge in [0.15, 0.2) is 0 Å². The van der Waals surface area contributed by atoms with E-state index in [4.69, 9.17) is 0 Å². The van der Waals surface area contributed by atoms with E-state index >= 15 is 0 Å². The first-order valence-electron chi connectivity index (χ1n) is 8.70. The summed E-state index contributed by atoms with van der Waals surface area (Å²) in [6, 6.07) is 1.97. The fourth-order valence-electron chi connectivity index (χ4n) is 5.29. The molecule has 1 amide bonds. The summed E-state index contributed by atoms with van der Waals surface area (Å²) >= 11 is 0. The maximum atomic E-state index is 12.4. The van der Waals surface area contributed by atoms with Gasteiger partial charge in [0, 0.05) is 37.6 Å². The maximum absolute atomic E-state index is 12.4. The molecule has 3 nitrogen and oxygen atoms in total. The van der Waals surface area contributed by atoms with Crippen molar-refractivity contribution in [2.75, 3.05) is 13.1 Å². The maximum Gasteiger partial charge on any atom is 0.223 e. The van der Waals surface area contributed by atoms with Crippen molar-refractivity contribution < 1.29 is 4.79 Å². The van der Waals surface area contributed by atoms with Gasteiger partial charge in [-0.15, -0.1) is 0 Å². The van der Waals surface area contributed by atoms with Gasteiger partial charge in [-0.25, -0.2) is 0 Å². The lowest BCUT2D eigenvalue weighted by Gasteiger charge is -2.50. The normalized spacial score (nSPS) is 42.0. The number of hydrogen-bond acceptors (Lipinski definition) is 2. The van der Waals surface area contributed by atoms with Crippen LogP contribution in [-0.4, -0.2) is 46.9 Å². The molecule has 20 heavy (non-hydrogen) atoms. The van der Waals surface area contributed by atoms with E-state index in [1.165, 1.54) is 38.8 Å². The highest BCUT2D eigenvalue weighted by Crippen LogP contribution is 2.46. The van der Waals surface area contributed by atoms with Gasteiger partial charge < -0.3 is 4.90 Å². The van der Waals surface area contributed by atoms with Crippen LogP contribution in [0.5, 0.6) is 0 Å². The molecular weight excluding hydrogens is 248 g/mol. The van der Waals surface area contributed by atoms with Gasteiger partial charge in [0.05, 0.1) is 0 Å². The second kappa shape index (κ2) is 4.72.